The third-order valence-corrected chi connectivity index (χ3v) is 4.43. The zero-order valence-electron chi connectivity index (χ0n) is 13.8. The third kappa shape index (κ3) is 3.54. The summed E-state index contributed by atoms with van der Waals surface area (Å²) in [5, 5.41) is 20.2. The summed E-state index contributed by atoms with van der Waals surface area (Å²) < 4.78 is 27.6. The number of hydrogen-bond donors (Lipinski definition) is 0. The number of anilines is 1. The molecule has 5 nitrogen and oxygen atoms in total. The standard InChI is InChI=1S/C19H15F2N3O2/c20-15-3-1-2-14(10-15)17(12-22)13-6-8-23(9-7-13)19-5-4-16(24(25)26)11-18(19)21/h1-5,10-11H,6-9H2. The Morgan fingerprint density at radius 2 is 1.88 bits per heavy atom. The molecule has 1 heterocycles. The Kier molecular flexibility index (Phi) is 4.94. The predicted molar refractivity (Wildman–Crippen MR) is 93.4 cm³/mol. The average Bonchev–Trinajstić information content (AvgIpc) is 2.63. The van der Waals surface area contributed by atoms with Crippen LogP contribution in [0.1, 0.15) is 18.4 Å². The summed E-state index contributed by atoms with van der Waals surface area (Å²) in [4.78, 5) is 11.9. The van der Waals surface area contributed by atoms with Gasteiger partial charge in [0.15, 0.2) is 5.82 Å². The van der Waals surface area contributed by atoms with E-state index in [1.807, 2.05) is 0 Å². The van der Waals surface area contributed by atoms with Gasteiger partial charge in [0.05, 0.1) is 28.3 Å². The van der Waals surface area contributed by atoms with Crippen LogP contribution >= 0.6 is 0 Å². The molecular formula is C19H15F2N3O2. The maximum Gasteiger partial charge on any atom is 0.272 e. The van der Waals surface area contributed by atoms with Crippen LogP contribution < -0.4 is 4.90 Å². The summed E-state index contributed by atoms with van der Waals surface area (Å²) in [5.41, 5.74) is 1.91. The number of piperidine rings is 1. The van der Waals surface area contributed by atoms with Gasteiger partial charge in [0.2, 0.25) is 0 Å². The topological polar surface area (TPSA) is 70.2 Å². The monoisotopic (exact) mass is 355 g/mol. The highest BCUT2D eigenvalue weighted by molar-refractivity contribution is 5.79. The maximum atomic E-state index is 14.2. The Labute approximate surface area is 148 Å². The fourth-order valence-corrected chi connectivity index (χ4v) is 3.13. The van der Waals surface area contributed by atoms with Crippen LogP contribution in [0.3, 0.4) is 0 Å². The lowest BCUT2D eigenvalue weighted by molar-refractivity contribution is -0.385. The number of nitro groups is 1. The molecule has 0 saturated carbocycles. The van der Waals surface area contributed by atoms with Crippen molar-refractivity contribution < 1.29 is 13.7 Å². The van der Waals surface area contributed by atoms with Crippen LogP contribution in [0, 0.1) is 33.1 Å². The first kappa shape index (κ1) is 17.5. The van der Waals surface area contributed by atoms with Gasteiger partial charge in [0, 0.05) is 19.2 Å². The molecule has 2 aromatic carbocycles. The molecule has 0 bridgehead atoms. The van der Waals surface area contributed by atoms with Gasteiger partial charge in [-0.1, -0.05) is 12.1 Å². The first-order valence-electron chi connectivity index (χ1n) is 8.06. The number of halogens is 2. The molecule has 0 aliphatic carbocycles. The molecule has 2 aromatic rings. The van der Waals surface area contributed by atoms with E-state index >= 15 is 0 Å². The molecule has 0 spiro atoms. The zero-order valence-corrected chi connectivity index (χ0v) is 13.8. The lowest BCUT2D eigenvalue weighted by Gasteiger charge is -2.31. The van der Waals surface area contributed by atoms with Gasteiger partial charge >= 0.3 is 0 Å². The molecule has 0 radical (unpaired) electrons. The molecule has 7 heteroatoms. The molecular weight excluding hydrogens is 340 g/mol. The van der Waals surface area contributed by atoms with E-state index in [-0.39, 0.29) is 5.69 Å². The van der Waals surface area contributed by atoms with Gasteiger partial charge in [-0.2, -0.15) is 5.26 Å². The van der Waals surface area contributed by atoms with E-state index in [1.165, 1.54) is 24.3 Å². The first-order chi connectivity index (χ1) is 12.5. The van der Waals surface area contributed by atoms with Crippen molar-refractivity contribution in [2.24, 2.45) is 0 Å². The zero-order chi connectivity index (χ0) is 18.7. The van der Waals surface area contributed by atoms with Crippen molar-refractivity contribution in [2.75, 3.05) is 18.0 Å². The molecule has 0 N–H and O–H groups in total. The summed E-state index contributed by atoms with van der Waals surface area (Å²) in [6.45, 7) is 0.953. The van der Waals surface area contributed by atoms with Crippen LogP contribution in [0.4, 0.5) is 20.2 Å². The van der Waals surface area contributed by atoms with Gasteiger partial charge in [-0.05, 0) is 42.2 Å². The van der Waals surface area contributed by atoms with Crippen molar-refractivity contribution in [2.45, 2.75) is 12.8 Å². The Hall–Kier alpha value is -3.27. The van der Waals surface area contributed by atoms with Crippen LogP contribution in [-0.4, -0.2) is 18.0 Å². The number of nitrogens with zero attached hydrogens (tertiary/aromatic N) is 3. The SMILES string of the molecule is N#CC(=C1CCN(c2ccc([N+](=O)[O-])cc2F)CC1)c1cccc(F)c1. The van der Waals surface area contributed by atoms with Gasteiger partial charge in [0.1, 0.15) is 5.82 Å². The van der Waals surface area contributed by atoms with Crippen LogP contribution in [0.5, 0.6) is 0 Å². The quantitative estimate of drug-likeness (QED) is 0.463. The molecule has 0 atom stereocenters. The van der Waals surface area contributed by atoms with Crippen LogP contribution in [0.2, 0.25) is 0 Å². The lowest BCUT2D eigenvalue weighted by Crippen LogP contribution is -2.31. The highest BCUT2D eigenvalue weighted by atomic mass is 19.1. The van der Waals surface area contributed by atoms with E-state index in [2.05, 4.69) is 6.07 Å². The summed E-state index contributed by atoms with van der Waals surface area (Å²) in [7, 11) is 0. The fourth-order valence-electron chi connectivity index (χ4n) is 3.13. The van der Waals surface area contributed by atoms with Crippen molar-refractivity contribution in [1.29, 1.82) is 5.26 Å². The van der Waals surface area contributed by atoms with Crippen LogP contribution in [0.25, 0.3) is 5.57 Å². The van der Waals surface area contributed by atoms with Gasteiger partial charge in [-0.3, -0.25) is 10.1 Å². The number of nitriles is 1. The number of allylic oxidation sites excluding steroid dienone is 1. The first-order valence-corrected chi connectivity index (χ1v) is 8.06. The molecule has 1 aliphatic heterocycles. The smallest absolute Gasteiger partial charge is 0.272 e. The predicted octanol–water partition coefficient (Wildman–Crippen LogP) is 4.45. The number of benzene rings is 2. The van der Waals surface area contributed by atoms with Gasteiger partial charge in [-0.25, -0.2) is 8.78 Å². The van der Waals surface area contributed by atoms with E-state index in [1.54, 1.807) is 17.0 Å². The summed E-state index contributed by atoms with van der Waals surface area (Å²) >= 11 is 0. The third-order valence-electron chi connectivity index (χ3n) is 4.43. The Balaban J connectivity index is 1.80. The highest BCUT2D eigenvalue weighted by Gasteiger charge is 2.21. The molecule has 132 valence electrons. The van der Waals surface area contributed by atoms with Gasteiger partial charge < -0.3 is 4.90 Å². The fraction of sp³-hybridized carbons (Fsp3) is 0.211. The minimum Gasteiger partial charge on any atom is -0.369 e. The largest absolute Gasteiger partial charge is 0.369 e. The maximum absolute atomic E-state index is 14.2. The lowest BCUT2D eigenvalue weighted by atomic mass is 9.93. The van der Waals surface area contributed by atoms with Crippen molar-refractivity contribution in [3.8, 4) is 6.07 Å². The Morgan fingerprint density at radius 3 is 2.46 bits per heavy atom. The number of hydrogen-bond acceptors (Lipinski definition) is 4. The van der Waals surface area contributed by atoms with E-state index < -0.39 is 16.6 Å². The Morgan fingerprint density at radius 1 is 1.15 bits per heavy atom. The second-order valence-corrected chi connectivity index (χ2v) is 5.98. The molecule has 26 heavy (non-hydrogen) atoms. The van der Waals surface area contributed by atoms with Crippen molar-refractivity contribution in [1.82, 2.24) is 0 Å². The Bertz CT molecular complexity index is 925. The molecule has 1 fully saturated rings. The highest BCUT2D eigenvalue weighted by Crippen LogP contribution is 2.31. The second kappa shape index (κ2) is 7.31. The van der Waals surface area contributed by atoms with Crippen molar-refractivity contribution >= 4 is 16.9 Å². The molecule has 0 unspecified atom stereocenters. The van der Waals surface area contributed by atoms with Gasteiger partial charge in [0.25, 0.3) is 5.69 Å². The van der Waals surface area contributed by atoms with E-state index in [0.717, 1.165) is 11.6 Å². The van der Waals surface area contributed by atoms with Crippen LogP contribution in [0.15, 0.2) is 48.0 Å². The van der Waals surface area contributed by atoms with Crippen molar-refractivity contribution in [3.05, 3.63) is 75.3 Å². The number of nitro benzene ring substituents is 1. The minimum atomic E-state index is -0.641. The minimum absolute atomic E-state index is 0.290. The molecule has 1 aliphatic rings. The van der Waals surface area contributed by atoms with Crippen molar-refractivity contribution in [3.63, 3.8) is 0 Å². The van der Waals surface area contributed by atoms with E-state index in [0.29, 0.717) is 42.8 Å². The second-order valence-electron chi connectivity index (χ2n) is 5.98. The number of non-ortho nitro benzene ring substituents is 1. The molecule has 0 aromatic heterocycles. The normalized spacial score (nSPS) is 14.0. The summed E-state index contributed by atoms with van der Waals surface area (Å²) in [6, 6.07) is 11.6. The molecule has 1 saturated heterocycles. The summed E-state index contributed by atoms with van der Waals surface area (Å²) in [6.07, 6.45) is 1.08. The van der Waals surface area contributed by atoms with E-state index in [9.17, 15) is 24.2 Å². The molecule has 3 rings (SSSR count). The number of rotatable bonds is 3. The van der Waals surface area contributed by atoms with E-state index in [4.69, 9.17) is 0 Å². The van der Waals surface area contributed by atoms with Crippen LogP contribution in [-0.2, 0) is 0 Å². The average molecular weight is 355 g/mol. The molecule has 0 amide bonds. The summed E-state index contributed by atoms with van der Waals surface area (Å²) in [5.74, 6) is -1.04. The van der Waals surface area contributed by atoms with Gasteiger partial charge in [-0.15, -0.1) is 0 Å².